The van der Waals surface area contributed by atoms with E-state index in [4.69, 9.17) is 28.3 Å². The Morgan fingerprint density at radius 1 is 1.39 bits per heavy atom. The van der Waals surface area contributed by atoms with Gasteiger partial charge in [-0.1, -0.05) is 23.2 Å². The summed E-state index contributed by atoms with van der Waals surface area (Å²) < 4.78 is 0. The second-order valence-electron chi connectivity index (χ2n) is 4.64. The smallest absolute Gasteiger partial charge is 0.306 e. The van der Waals surface area contributed by atoms with Gasteiger partial charge in [0, 0.05) is 16.6 Å². The lowest BCUT2D eigenvalue weighted by atomic mass is 9.86. The Bertz CT molecular complexity index is 648. The number of aromatic nitrogens is 1. The molecule has 1 heterocycles. The van der Waals surface area contributed by atoms with Gasteiger partial charge in [0.25, 0.3) is 0 Å². The Labute approximate surface area is 114 Å². The summed E-state index contributed by atoms with van der Waals surface area (Å²) >= 11 is 12.3. The molecular weight excluding hydrogens is 273 g/mol. The van der Waals surface area contributed by atoms with Crippen LogP contribution in [0.5, 0.6) is 0 Å². The molecule has 0 saturated carbocycles. The number of benzene rings is 1. The molecule has 1 aromatic carbocycles. The van der Waals surface area contributed by atoms with Crippen molar-refractivity contribution in [1.82, 2.24) is 4.98 Å². The first kappa shape index (κ1) is 11.9. The van der Waals surface area contributed by atoms with E-state index in [0.717, 1.165) is 28.6 Å². The van der Waals surface area contributed by atoms with Crippen LogP contribution in [0.2, 0.25) is 10.0 Å². The third-order valence-electron chi connectivity index (χ3n) is 3.59. The number of hydrogen-bond acceptors (Lipinski definition) is 1. The van der Waals surface area contributed by atoms with Crippen LogP contribution in [0.1, 0.15) is 17.7 Å². The SMILES string of the molecule is O=C(O)C1CCc2[nH]c3ccc(Cl)c(Cl)c3c2C1. The number of halogens is 2. The molecule has 0 bridgehead atoms. The molecule has 0 amide bonds. The molecule has 94 valence electrons. The van der Waals surface area contributed by atoms with Crippen molar-refractivity contribution >= 4 is 40.1 Å². The minimum Gasteiger partial charge on any atom is -0.481 e. The Balaban J connectivity index is 2.20. The summed E-state index contributed by atoms with van der Waals surface area (Å²) in [5, 5.41) is 11.0. The van der Waals surface area contributed by atoms with Gasteiger partial charge in [-0.05, 0) is 37.0 Å². The van der Waals surface area contributed by atoms with E-state index >= 15 is 0 Å². The zero-order valence-corrected chi connectivity index (χ0v) is 11.0. The summed E-state index contributed by atoms with van der Waals surface area (Å²) in [6, 6.07) is 3.64. The number of fused-ring (bicyclic) bond motifs is 3. The maximum Gasteiger partial charge on any atom is 0.306 e. The largest absolute Gasteiger partial charge is 0.481 e. The number of carbonyl (C=O) groups is 1. The van der Waals surface area contributed by atoms with Crippen molar-refractivity contribution in [2.24, 2.45) is 5.92 Å². The van der Waals surface area contributed by atoms with E-state index < -0.39 is 5.97 Å². The molecule has 3 rings (SSSR count). The third kappa shape index (κ3) is 1.70. The lowest BCUT2D eigenvalue weighted by Gasteiger charge is -2.18. The number of aliphatic carboxylic acids is 1. The van der Waals surface area contributed by atoms with Crippen LogP contribution in [0.4, 0.5) is 0 Å². The molecule has 0 radical (unpaired) electrons. The van der Waals surface area contributed by atoms with Gasteiger partial charge in [-0.15, -0.1) is 0 Å². The first-order valence-corrected chi connectivity index (χ1v) is 6.53. The highest BCUT2D eigenvalue weighted by molar-refractivity contribution is 6.45. The van der Waals surface area contributed by atoms with Crippen molar-refractivity contribution in [3.8, 4) is 0 Å². The minimum atomic E-state index is -0.742. The Morgan fingerprint density at radius 2 is 2.17 bits per heavy atom. The van der Waals surface area contributed by atoms with Gasteiger partial charge in [0.15, 0.2) is 0 Å². The molecule has 1 aliphatic rings. The number of rotatable bonds is 1. The van der Waals surface area contributed by atoms with Crippen molar-refractivity contribution in [3.05, 3.63) is 33.4 Å². The van der Waals surface area contributed by atoms with E-state index in [1.807, 2.05) is 6.07 Å². The van der Waals surface area contributed by atoms with Gasteiger partial charge in [-0.25, -0.2) is 0 Å². The Kier molecular flexibility index (Phi) is 2.76. The highest BCUT2D eigenvalue weighted by Gasteiger charge is 2.28. The fourth-order valence-electron chi connectivity index (χ4n) is 2.66. The third-order valence-corrected chi connectivity index (χ3v) is 4.39. The van der Waals surface area contributed by atoms with Gasteiger partial charge in [-0.2, -0.15) is 0 Å². The first-order valence-electron chi connectivity index (χ1n) is 5.78. The standard InChI is InChI=1S/C13H11Cl2NO2/c14-8-2-4-10-11(12(8)15)7-5-6(13(17)18)1-3-9(7)16-10/h2,4,6,16H,1,3,5H2,(H,17,18). The number of nitrogens with one attached hydrogen (secondary N) is 1. The summed E-state index contributed by atoms with van der Waals surface area (Å²) in [5.74, 6) is -1.07. The van der Waals surface area contributed by atoms with Gasteiger partial charge in [-0.3, -0.25) is 4.79 Å². The van der Waals surface area contributed by atoms with Crippen LogP contribution >= 0.6 is 23.2 Å². The number of carboxylic acid groups (broad SMARTS) is 1. The molecule has 0 aliphatic heterocycles. The molecule has 0 fully saturated rings. The van der Waals surface area contributed by atoms with Gasteiger partial charge in [0.05, 0.1) is 16.0 Å². The fourth-order valence-corrected chi connectivity index (χ4v) is 3.09. The average Bonchev–Trinajstić information content (AvgIpc) is 2.71. The predicted octanol–water partition coefficient (Wildman–Crippen LogP) is 3.66. The van der Waals surface area contributed by atoms with E-state index in [0.29, 0.717) is 22.9 Å². The van der Waals surface area contributed by atoms with Crippen molar-refractivity contribution in [2.45, 2.75) is 19.3 Å². The van der Waals surface area contributed by atoms with E-state index in [9.17, 15) is 4.79 Å². The van der Waals surface area contributed by atoms with Crippen molar-refractivity contribution in [2.75, 3.05) is 0 Å². The lowest BCUT2D eigenvalue weighted by Crippen LogP contribution is -2.21. The zero-order valence-electron chi connectivity index (χ0n) is 9.46. The quantitative estimate of drug-likeness (QED) is 0.839. The molecule has 5 heteroatoms. The average molecular weight is 284 g/mol. The number of aromatic amines is 1. The summed E-state index contributed by atoms with van der Waals surface area (Å²) in [5.41, 5.74) is 3.03. The summed E-state index contributed by atoms with van der Waals surface area (Å²) in [7, 11) is 0. The van der Waals surface area contributed by atoms with Crippen LogP contribution in [0.15, 0.2) is 12.1 Å². The molecular formula is C13H11Cl2NO2. The van der Waals surface area contributed by atoms with Crippen LogP contribution in [0.3, 0.4) is 0 Å². The predicted molar refractivity (Wildman–Crippen MR) is 71.5 cm³/mol. The second-order valence-corrected chi connectivity index (χ2v) is 5.43. The lowest BCUT2D eigenvalue weighted by molar-refractivity contribution is -0.142. The van der Waals surface area contributed by atoms with Crippen LogP contribution < -0.4 is 0 Å². The van der Waals surface area contributed by atoms with E-state index in [1.165, 1.54) is 0 Å². The highest BCUT2D eigenvalue weighted by atomic mass is 35.5. The molecule has 0 spiro atoms. The summed E-state index contributed by atoms with van der Waals surface area (Å²) in [6.07, 6.45) is 1.93. The fraction of sp³-hybridized carbons (Fsp3) is 0.308. The van der Waals surface area contributed by atoms with Crippen LogP contribution in [-0.4, -0.2) is 16.1 Å². The van der Waals surface area contributed by atoms with Crippen LogP contribution in [-0.2, 0) is 17.6 Å². The first-order chi connectivity index (χ1) is 8.58. The number of carboxylic acids is 1. The van der Waals surface area contributed by atoms with E-state index in [-0.39, 0.29) is 5.92 Å². The molecule has 18 heavy (non-hydrogen) atoms. The maximum absolute atomic E-state index is 11.1. The normalized spacial score (nSPS) is 18.9. The van der Waals surface area contributed by atoms with Gasteiger partial charge >= 0.3 is 5.97 Å². The number of hydrogen-bond donors (Lipinski definition) is 2. The van der Waals surface area contributed by atoms with Crippen molar-refractivity contribution < 1.29 is 9.90 Å². The molecule has 2 aromatic rings. The van der Waals surface area contributed by atoms with E-state index in [1.54, 1.807) is 6.07 Å². The summed E-state index contributed by atoms with van der Waals surface area (Å²) in [6.45, 7) is 0. The molecule has 1 atom stereocenters. The highest BCUT2D eigenvalue weighted by Crippen LogP contribution is 2.38. The minimum absolute atomic E-state index is 0.327. The molecule has 2 N–H and O–H groups in total. The molecule has 0 saturated heterocycles. The molecule has 1 unspecified atom stereocenters. The van der Waals surface area contributed by atoms with Gasteiger partial charge in [0.1, 0.15) is 0 Å². The topological polar surface area (TPSA) is 53.1 Å². The molecule has 1 aliphatic carbocycles. The monoisotopic (exact) mass is 283 g/mol. The zero-order chi connectivity index (χ0) is 12.9. The number of aryl methyl sites for hydroxylation is 1. The Morgan fingerprint density at radius 3 is 2.89 bits per heavy atom. The summed E-state index contributed by atoms with van der Waals surface area (Å²) in [4.78, 5) is 14.4. The second kappa shape index (κ2) is 4.18. The van der Waals surface area contributed by atoms with Crippen LogP contribution in [0, 0.1) is 5.92 Å². The van der Waals surface area contributed by atoms with Crippen molar-refractivity contribution in [1.29, 1.82) is 0 Å². The Hall–Kier alpha value is -1.19. The van der Waals surface area contributed by atoms with Crippen molar-refractivity contribution in [3.63, 3.8) is 0 Å². The molecule has 3 nitrogen and oxygen atoms in total. The van der Waals surface area contributed by atoms with Crippen LogP contribution in [0.25, 0.3) is 10.9 Å². The number of H-pyrrole nitrogens is 1. The van der Waals surface area contributed by atoms with Gasteiger partial charge < -0.3 is 10.1 Å². The molecule has 1 aromatic heterocycles. The van der Waals surface area contributed by atoms with E-state index in [2.05, 4.69) is 4.98 Å². The van der Waals surface area contributed by atoms with Gasteiger partial charge in [0.2, 0.25) is 0 Å². The maximum atomic E-state index is 11.1.